The van der Waals surface area contributed by atoms with Crippen molar-refractivity contribution in [3.63, 3.8) is 0 Å². The molecule has 2 atom stereocenters. The van der Waals surface area contributed by atoms with E-state index in [9.17, 15) is 18.0 Å². The van der Waals surface area contributed by atoms with Gasteiger partial charge in [0.25, 0.3) is 5.91 Å². The minimum absolute atomic E-state index is 0.0600. The summed E-state index contributed by atoms with van der Waals surface area (Å²) in [6.45, 7) is 0.0109. The Kier molecular flexibility index (Phi) is 5.87. The molecule has 0 heterocycles. The van der Waals surface area contributed by atoms with Crippen LogP contribution in [-0.4, -0.2) is 36.4 Å². The number of hydrogen-bond donors (Lipinski definition) is 3. The third-order valence-electron chi connectivity index (χ3n) is 4.03. The van der Waals surface area contributed by atoms with E-state index in [-0.39, 0.29) is 37.9 Å². The maximum atomic E-state index is 12.8. The van der Waals surface area contributed by atoms with Gasteiger partial charge in [-0.2, -0.15) is 13.2 Å². The zero-order valence-corrected chi connectivity index (χ0v) is 12.7. The number of amides is 1. The lowest BCUT2D eigenvalue weighted by Crippen LogP contribution is -2.34. The summed E-state index contributed by atoms with van der Waals surface area (Å²) in [6, 6.07) is 6.41. The standard InChI is InChI=1S/C16H21F3N2O2/c17-16(18,19)12-4-2-6-14(10-12)21-13-5-1-3-11(9-13)15(23)20-7-8-22/h1,3,5,9,12,14,21-22H,2,4,6-8,10H2,(H,20,23)/t12-,14-/m1/s1. The van der Waals surface area contributed by atoms with Gasteiger partial charge in [0.15, 0.2) is 0 Å². The number of benzene rings is 1. The quantitative estimate of drug-likeness (QED) is 0.778. The van der Waals surface area contributed by atoms with Crippen LogP contribution in [0.2, 0.25) is 0 Å². The number of hydrogen-bond acceptors (Lipinski definition) is 3. The second-order valence-electron chi connectivity index (χ2n) is 5.81. The minimum Gasteiger partial charge on any atom is -0.395 e. The molecular formula is C16H21F3N2O2. The van der Waals surface area contributed by atoms with E-state index < -0.39 is 12.1 Å². The lowest BCUT2D eigenvalue weighted by Gasteiger charge is -2.31. The van der Waals surface area contributed by atoms with Crippen LogP contribution in [0.25, 0.3) is 0 Å². The second-order valence-corrected chi connectivity index (χ2v) is 5.81. The lowest BCUT2D eigenvalue weighted by atomic mass is 9.85. The number of alkyl halides is 3. The van der Waals surface area contributed by atoms with E-state index in [0.29, 0.717) is 24.1 Å². The molecule has 0 unspecified atom stereocenters. The van der Waals surface area contributed by atoms with Gasteiger partial charge in [-0.3, -0.25) is 4.79 Å². The van der Waals surface area contributed by atoms with Gasteiger partial charge in [0.05, 0.1) is 12.5 Å². The second kappa shape index (κ2) is 7.68. The SMILES string of the molecule is O=C(NCCO)c1cccc(N[C@@H]2CCC[C@@H](C(F)(F)F)C2)c1. The van der Waals surface area contributed by atoms with Crippen molar-refractivity contribution in [3.05, 3.63) is 29.8 Å². The highest BCUT2D eigenvalue weighted by atomic mass is 19.4. The van der Waals surface area contributed by atoms with Crippen molar-refractivity contribution in [3.8, 4) is 0 Å². The highest BCUT2D eigenvalue weighted by Crippen LogP contribution is 2.38. The molecule has 4 nitrogen and oxygen atoms in total. The largest absolute Gasteiger partial charge is 0.395 e. The molecule has 1 aromatic rings. The van der Waals surface area contributed by atoms with E-state index in [2.05, 4.69) is 10.6 Å². The summed E-state index contributed by atoms with van der Waals surface area (Å²) in [6.07, 6.45) is -2.67. The molecule has 1 aliphatic carbocycles. The Labute approximate surface area is 133 Å². The molecule has 1 aromatic carbocycles. The molecule has 0 aliphatic heterocycles. The molecule has 0 aromatic heterocycles. The number of aliphatic hydroxyl groups is 1. The number of halogens is 3. The summed E-state index contributed by atoms with van der Waals surface area (Å²) in [5.41, 5.74) is 1.04. The first-order valence-electron chi connectivity index (χ1n) is 7.72. The van der Waals surface area contributed by atoms with Crippen molar-refractivity contribution in [1.29, 1.82) is 0 Å². The summed E-state index contributed by atoms with van der Waals surface area (Å²) < 4.78 is 38.5. The fraction of sp³-hybridized carbons (Fsp3) is 0.562. The first-order valence-corrected chi connectivity index (χ1v) is 7.72. The molecule has 2 rings (SSSR count). The summed E-state index contributed by atoms with van der Waals surface area (Å²) in [5.74, 6) is -1.58. The predicted molar refractivity (Wildman–Crippen MR) is 81.3 cm³/mol. The number of nitrogens with one attached hydrogen (secondary N) is 2. The zero-order valence-electron chi connectivity index (χ0n) is 12.7. The van der Waals surface area contributed by atoms with Crippen molar-refractivity contribution >= 4 is 11.6 Å². The van der Waals surface area contributed by atoms with E-state index in [4.69, 9.17) is 5.11 Å². The Hall–Kier alpha value is -1.76. The molecule has 0 spiro atoms. The Bertz CT molecular complexity index is 534. The maximum Gasteiger partial charge on any atom is 0.391 e. The average molecular weight is 330 g/mol. The molecule has 0 bridgehead atoms. The lowest BCUT2D eigenvalue weighted by molar-refractivity contribution is -0.182. The number of carbonyl (C=O) groups excluding carboxylic acids is 1. The summed E-state index contributed by atoms with van der Waals surface area (Å²) in [7, 11) is 0. The third-order valence-corrected chi connectivity index (χ3v) is 4.03. The third kappa shape index (κ3) is 5.13. The van der Waals surface area contributed by atoms with Gasteiger partial charge in [-0.1, -0.05) is 12.5 Å². The molecule has 23 heavy (non-hydrogen) atoms. The maximum absolute atomic E-state index is 12.8. The van der Waals surface area contributed by atoms with E-state index in [1.165, 1.54) is 0 Å². The van der Waals surface area contributed by atoms with Gasteiger partial charge >= 0.3 is 6.18 Å². The van der Waals surface area contributed by atoms with Gasteiger partial charge in [-0.05, 0) is 37.5 Å². The highest BCUT2D eigenvalue weighted by molar-refractivity contribution is 5.95. The van der Waals surface area contributed by atoms with Crippen LogP contribution in [0.5, 0.6) is 0 Å². The normalized spacial score (nSPS) is 21.7. The van der Waals surface area contributed by atoms with Gasteiger partial charge in [-0.15, -0.1) is 0 Å². The first-order chi connectivity index (χ1) is 10.9. The molecule has 0 saturated heterocycles. The fourth-order valence-corrected chi connectivity index (χ4v) is 2.88. The van der Waals surface area contributed by atoms with Crippen LogP contribution in [0.15, 0.2) is 24.3 Å². The zero-order chi connectivity index (χ0) is 16.9. The average Bonchev–Trinajstić information content (AvgIpc) is 2.52. The molecule has 1 aliphatic rings. The van der Waals surface area contributed by atoms with E-state index in [1.807, 2.05) is 0 Å². The molecule has 7 heteroatoms. The first kappa shape index (κ1) is 17.6. The van der Waals surface area contributed by atoms with Crippen LogP contribution in [0.1, 0.15) is 36.0 Å². The van der Waals surface area contributed by atoms with Crippen molar-refractivity contribution in [1.82, 2.24) is 5.32 Å². The molecule has 3 N–H and O–H groups in total. The molecular weight excluding hydrogens is 309 g/mol. The topological polar surface area (TPSA) is 61.4 Å². The van der Waals surface area contributed by atoms with Crippen LogP contribution in [0, 0.1) is 5.92 Å². The summed E-state index contributed by atoms with van der Waals surface area (Å²) in [4.78, 5) is 11.8. The van der Waals surface area contributed by atoms with Gasteiger partial charge in [0.2, 0.25) is 0 Å². The van der Waals surface area contributed by atoms with E-state index in [0.717, 1.165) is 0 Å². The molecule has 128 valence electrons. The fourth-order valence-electron chi connectivity index (χ4n) is 2.88. The highest BCUT2D eigenvalue weighted by Gasteiger charge is 2.42. The van der Waals surface area contributed by atoms with Gasteiger partial charge < -0.3 is 15.7 Å². The number of carbonyl (C=O) groups is 1. The molecule has 1 fully saturated rings. The van der Waals surface area contributed by atoms with Crippen LogP contribution < -0.4 is 10.6 Å². The number of rotatable bonds is 5. The van der Waals surface area contributed by atoms with Crippen LogP contribution in [0.4, 0.5) is 18.9 Å². The van der Waals surface area contributed by atoms with Gasteiger partial charge in [-0.25, -0.2) is 0 Å². The Morgan fingerprint density at radius 3 is 2.78 bits per heavy atom. The van der Waals surface area contributed by atoms with Crippen LogP contribution in [0.3, 0.4) is 0 Å². The number of aliphatic hydroxyl groups excluding tert-OH is 1. The molecule has 1 amide bonds. The van der Waals surface area contributed by atoms with E-state index in [1.54, 1.807) is 24.3 Å². The van der Waals surface area contributed by atoms with Crippen molar-refractivity contribution < 1.29 is 23.1 Å². The minimum atomic E-state index is -4.15. The Balaban J connectivity index is 1.98. The molecule has 0 radical (unpaired) electrons. The van der Waals surface area contributed by atoms with Gasteiger partial charge in [0, 0.05) is 23.8 Å². The summed E-state index contributed by atoms with van der Waals surface area (Å²) >= 11 is 0. The van der Waals surface area contributed by atoms with Crippen molar-refractivity contribution in [2.75, 3.05) is 18.5 Å². The van der Waals surface area contributed by atoms with E-state index >= 15 is 0 Å². The summed E-state index contributed by atoms with van der Waals surface area (Å²) in [5, 5.41) is 14.4. The van der Waals surface area contributed by atoms with Crippen molar-refractivity contribution in [2.45, 2.75) is 37.9 Å². The Morgan fingerprint density at radius 1 is 1.30 bits per heavy atom. The number of anilines is 1. The smallest absolute Gasteiger partial charge is 0.391 e. The van der Waals surface area contributed by atoms with Crippen LogP contribution >= 0.6 is 0 Å². The van der Waals surface area contributed by atoms with Crippen LogP contribution in [-0.2, 0) is 0 Å². The Morgan fingerprint density at radius 2 is 2.09 bits per heavy atom. The predicted octanol–water partition coefficient (Wildman–Crippen LogP) is 2.94. The van der Waals surface area contributed by atoms with Crippen molar-refractivity contribution in [2.24, 2.45) is 5.92 Å². The molecule has 1 saturated carbocycles. The van der Waals surface area contributed by atoms with Gasteiger partial charge in [0.1, 0.15) is 0 Å². The monoisotopic (exact) mass is 330 g/mol.